The lowest BCUT2D eigenvalue weighted by molar-refractivity contribution is -0.128. The lowest BCUT2D eigenvalue weighted by Crippen LogP contribution is -2.41. The molecule has 0 rings (SSSR count). The van der Waals surface area contributed by atoms with Gasteiger partial charge in [-0.05, 0) is 33.4 Å². The molecular weight excluding hydrogens is 216 g/mol. The average molecular weight is 242 g/mol. The van der Waals surface area contributed by atoms with Gasteiger partial charge in [0.2, 0.25) is 0 Å². The number of rotatable bonds is 8. The number of Topliss-reactive ketones (excluding diaryl/α,β-unsaturated/α-hetero) is 2. The summed E-state index contributed by atoms with van der Waals surface area (Å²) in [5.74, 6) is 0.378. The minimum Gasteiger partial charge on any atom is -0.310 e. The molecule has 4 nitrogen and oxygen atoms in total. The summed E-state index contributed by atoms with van der Waals surface area (Å²) in [5.41, 5.74) is -0.292. The highest BCUT2D eigenvalue weighted by molar-refractivity contribution is 5.88. The van der Waals surface area contributed by atoms with Crippen molar-refractivity contribution in [3.8, 4) is 0 Å². The number of hydrogen-bond acceptors (Lipinski definition) is 4. The maximum atomic E-state index is 11.9. The third-order valence-electron chi connectivity index (χ3n) is 2.49. The zero-order valence-electron chi connectivity index (χ0n) is 11.7. The fraction of sp³-hybridized carbons (Fsp3) is 0.846. The summed E-state index contributed by atoms with van der Waals surface area (Å²) in [6, 6.07) is -0.109. The molecule has 1 atom stereocenters. The summed E-state index contributed by atoms with van der Waals surface area (Å²) in [6.07, 6.45) is 0.912. The van der Waals surface area contributed by atoms with Crippen molar-refractivity contribution in [2.45, 2.75) is 47.1 Å². The number of hydrogen-bond donors (Lipinski definition) is 2. The van der Waals surface area contributed by atoms with E-state index < -0.39 is 0 Å². The summed E-state index contributed by atoms with van der Waals surface area (Å²) in [4.78, 5) is 22.5. The van der Waals surface area contributed by atoms with Crippen molar-refractivity contribution in [1.29, 1.82) is 0 Å². The molecule has 0 spiro atoms. The van der Waals surface area contributed by atoms with Crippen molar-refractivity contribution in [3.63, 3.8) is 0 Å². The first-order valence-corrected chi connectivity index (χ1v) is 6.23. The van der Waals surface area contributed by atoms with Crippen LogP contribution in [0.15, 0.2) is 0 Å². The standard InChI is InChI=1S/C13H26N2O2/c1-10(16)9-14-7-6-8-15-11(2)12(17)13(3,4)5/h11,14-15H,6-9H2,1-5H3. The Morgan fingerprint density at radius 1 is 1.18 bits per heavy atom. The van der Waals surface area contributed by atoms with Crippen molar-refractivity contribution >= 4 is 11.6 Å². The van der Waals surface area contributed by atoms with Gasteiger partial charge in [-0.3, -0.25) is 9.59 Å². The molecule has 4 heteroatoms. The fourth-order valence-corrected chi connectivity index (χ4v) is 1.54. The molecule has 0 radical (unpaired) electrons. The summed E-state index contributed by atoms with van der Waals surface area (Å²) < 4.78 is 0. The maximum Gasteiger partial charge on any atom is 0.154 e. The van der Waals surface area contributed by atoms with Crippen LogP contribution >= 0.6 is 0 Å². The third-order valence-corrected chi connectivity index (χ3v) is 2.49. The predicted octanol–water partition coefficient (Wildman–Crippen LogP) is 1.15. The number of carbonyl (C=O) groups is 2. The van der Waals surface area contributed by atoms with Crippen LogP contribution < -0.4 is 10.6 Å². The highest BCUT2D eigenvalue weighted by atomic mass is 16.1. The molecule has 1 unspecified atom stereocenters. The molecule has 17 heavy (non-hydrogen) atoms. The van der Waals surface area contributed by atoms with Crippen LogP contribution in [0.2, 0.25) is 0 Å². The van der Waals surface area contributed by atoms with Crippen LogP contribution in [0.4, 0.5) is 0 Å². The molecule has 0 aliphatic rings. The second-order valence-electron chi connectivity index (χ2n) is 5.52. The minimum absolute atomic E-state index is 0.109. The van der Waals surface area contributed by atoms with Crippen molar-refractivity contribution in [3.05, 3.63) is 0 Å². The first kappa shape index (κ1) is 16.3. The number of ketones is 2. The molecule has 2 N–H and O–H groups in total. The van der Waals surface area contributed by atoms with Gasteiger partial charge in [-0.2, -0.15) is 0 Å². The van der Waals surface area contributed by atoms with Gasteiger partial charge in [0.25, 0.3) is 0 Å². The van der Waals surface area contributed by atoms with E-state index in [-0.39, 0.29) is 23.0 Å². The first-order chi connectivity index (χ1) is 7.75. The normalized spacial score (nSPS) is 13.5. The maximum absolute atomic E-state index is 11.9. The van der Waals surface area contributed by atoms with E-state index in [4.69, 9.17) is 0 Å². The summed E-state index contributed by atoms with van der Waals surface area (Å²) in [7, 11) is 0. The highest BCUT2D eigenvalue weighted by Crippen LogP contribution is 2.16. The highest BCUT2D eigenvalue weighted by Gasteiger charge is 2.25. The van der Waals surface area contributed by atoms with Gasteiger partial charge in [-0.25, -0.2) is 0 Å². The van der Waals surface area contributed by atoms with Crippen LogP contribution in [-0.2, 0) is 9.59 Å². The van der Waals surface area contributed by atoms with Gasteiger partial charge in [0.15, 0.2) is 5.78 Å². The van der Waals surface area contributed by atoms with E-state index in [1.165, 1.54) is 0 Å². The fourth-order valence-electron chi connectivity index (χ4n) is 1.54. The van der Waals surface area contributed by atoms with Crippen molar-refractivity contribution < 1.29 is 9.59 Å². The topological polar surface area (TPSA) is 58.2 Å². The quantitative estimate of drug-likeness (QED) is 0.627. The van der Waals surface area contributed by atoms with Crippen LogP contribution in [-0.4, -0.2) is 37.2 Å². The molecular formula is C13H26N2O2. The van der Waals surface area contributed by atoms with E-state index >= 15 is 0 Å². The van der Waals surface area contributed by atoms with E-state index in [2.05, 4.69) is 10.6 Å². The van der Waals surface area contributed by atoms with Gasteiger partial charge >= 0.3 is 0 Å². The smallest absolute Gasteiger partial charge is 0.154 e. The van der Waals surface area contributed by atoms with E-state index in [1.54, 1.807) is 6.92 Å². The van der Waals surface area contributed by atoms with Crippen molar-refractivity contribution in [2.24, 2.45) is 5.41 Å². The Hall–Kier alpha value is -0.740. The van der Waals surface area contributed by atoms with Crippen LogP contribution in [0.25, 0.3) is 0 Å². The van der Waals surface area contributed by atoms with Gasteiger partial charge in [-0.15, -0.1) is 0 Å². The Morgan fingerprint density at radius 3 is 2.24 bits per heavy atom. The molecule has 0 fully saturated rings. The van der Waals surface area contributed by atoms with Gasteiger partial charge in [-0.1, -0.05) is 20.8 Å². The molecule has 0 aromatic rings. The van der Waals surface area contributed by atoms with Crippen molar-refractivity contribution in [1.82, 2.24) is 10.6 Å². The zero-order valence-corrected chi connectivity index (χ0v) is 11.7. The molecule has 0 aromatic carbocycles. The van der Waals surface area contributed by atoms with Crippen LogP contribution in [0.1, 0.15) is 41.0 Å². The Kier molecular flexibility index (Phi) is 7.23. The molecule has 0 aliphatic carbocycles. The number of carbonyl (C=O) groups excluding carboxylic acids is 2. The summed E-state index contributed by atoms with van der Waals surface area (Å²) >= 11 is 0. The SMILES string of the molecule is CC(=O)CNCCCNC(C)C(=O)C(C)(C)C. The molecule has 0 aliphatic heterocycles. The second kappa shape index (κ2) is 7.56. The second-order valence-corrected chi connectivity index (χ2v) is 5.52. The lowest BCUT2D eigenvalue weighted by Gasteiger charge is -2.22. The summed E-state index contributed by atoms with van der Waals surface area (Å²) in [6.45, 7) is 11.3. The largest absolute Gasteiger partial charge is 0.310 e. The van der Waals surface area contributed by atoms with Crippen molar-refractivity contribution in [2.75, 3.05) is 19.6 Å². The molecule has 0 aromatic heterocycles. The number of nitrogens with one attached hydrogen (secondary N) is 2. The van der Waals surface area contributed by atoms with E-state index in [1.807, 2.05) is 27.7 Å². The Morgan fingerprint density at radius 2 is 1.76 bits per heavy atom. The molecule has 0 saturated heterocycles. The third kappa shape index (κ3) is 8.05. The van der Waals surface area contributed by atoms with E-state index in [9.17, 15) is 9.59 Å². The van der Waals surface area contributed by atoms with Crippen LogP contribution in [0.5, 0.6) is 0 Å². The molecule has 0 amide bonds. The Labute approximate surface area is 105 Å². The van der Waals surface area contributed by atoms with Gasteiger partial charge < -0.3 is 10.6 Å². The van der Waals surface area contributed by atoms with E-state index in [0.717, 1.165) is 19.5 Å². The molecule has 100 valence electrons. The van der Waals surface area contributed by atoms with Crippen LogP contribution in [0.3, 0.4) is 0 Å². The lowest BCUT2D eigenvalue weighted by atomic mass is 9.87. The molecule has 0 saturated carbocycles. The predicted molar refractivity (Wildman–Crippen MR) is 70.1 cm³/mol. The first-order valence-electron chi connectivity index (χ1n) is 6.23. The van der Waals surface area contributed by atoms with E-state index in [0.29, 0.717) is 6.54 Å². The average Bonchev–Trinajstić information content (AvgIpc) is 2.19. The summed E-state index contributed by atoms with van der Waals surface area (Å²) in [5, 5.41) is 6.25. The molecule has 0 bridgehead atoms. The van der Waals surface area contributed by atoms with Gasteiger partial charge in [0.05, 0.1) is 12.6 Å². The Balaban J connectivity index is 3.62. The van der Waals surface area contributed by atoms with Gasteiger partial charge in [0, 0.05) is 5.41 Å². The van der Waals surface area contributed by atoms with Crippen LogP contribution in [0, 0.1) is 5.41 Å². The zero-order chi connectivity index (χ0) is 13.5. The Bertz CT molecular complexity index is 257. The van der Waals surface area contributed by atoms with Gasteiger partial charge in [0.1, 0.15) is 5.78 Å². The monoisotopic (exact) mass is 242 g/mol. The molecule has 0 heterocycles. The minimum atomic E-state index is -0.292.